The van der Waals surface area contributed by atoms with E-state index in [1.165, 1.54) is 17.4 Å². The molecule has 0 unspecified atom stereocenters. The molecule has 4 aromatic carbocycles. The lowest BCUT2D eigenvalue weighted by molar-refractivity contribution is -0.174. The molecule has 0 aliphatic heterocycles. The molecule has 0 spiro atoms. The van der Waals surface area contributed by atoms with Gasteiger partial charge >= 0.3 is 18.5 Å². The van der Waals surface area contributed by atoms with E-state index in [1.54, 1.807) is 36.4 Å². The summed E-state index contributed by atoms with van der Waals surface area (Å²) in [6, 6.07) is 19.4. The molecule has 0 fully saturated rings. The minimum Gasteiger partial charge on any atom is -0.166 e. The molecule has 208 valence electrons. The van der Waals surface area contributed by atoms with Crippen LogP contribution in [0.2, 0.25) is 0 Å². The highest BCUT2D eigenvalue weighted by Crippen LogP contribution is 2.51. The van der Waals surface area contributed by atoms with E-state index in [0.717, 1.165) is 10.1 Å². The van der Waals surface area contributed by atoms with Gasteiger partial charge in [-0.25, -0.2) is 0 Å². The average molecular weight is 592 g/mol. The Morgan fingerprint density at radius 1 is 0.512 bits per heavy atom. The van der Waals surface area contributed by atoms with Crippen LogP contribution in [0.3, 0.4) is 0 Å². The number of benzene rings is 4. The van der Waals surface area contributed by atoms with Gasteiger partial charge in [-0.3, -0.25) is 0 Å². The van der Waals surface area contributed by atoms with Crippen LogP contribution < -0.4 is 0 Å². The number of fused-ring (bicyclic) bond motifs is 3. The molecule has 0 radical (unpaired) electrons. The van der Waals surface area contributed by atoms with Crippen molar-refractivity contribution in [1.82, 2.24) is 10.2 Å². The summed E-state index contributed by atoms with van der Waals surface area (Å²) in [5, 5.41) is 10.4. The first-order chi connectivity index (χ1) is 19.2. The smallest absolute Gasteiger partial charge is 0.166 e. The molecule has 0 aliphatic rings. The third-order valence-corrected chi connectivity index (χ3v) is 7.76. The zero-order valence-electron chi connectivity index (χ0n) is 20.2. The summed E-state index contributed by atoms with van der Waals surface area (Å²) in [6.45, 7) is 0. The van der Waals surface area contributed by atoms with Gasteiger partial charge in [-0.15, -0.1) is 21.5 Å². The number of thiophene rings is 1. The Balaban J connectivity index is 1.74. The van der Waals surface area contributed by atoms with E-state index in [2.05, 4.69) is 10.2 Å². The van der Waals surface area contributed by atoms with E-state index in [4.69, 9.17) is 0 Å². The van der Waals surface area contributed by atoms with E-state index < -0.39 is 46.5 Å². The maximum Gasteiger partial charge on any atom is 0.417 e. The van der Waals surface area contributed by atoms with Gasteiger partial charge in [0.15, 0.2) is 0 Å². The van der Waals surface area contributed by atoms with Crippen molar-refractivity contribution >= 4 is 43.0 Å². The molecule has 2 nitrogen and oxygen atoms in total. The number of nitrogens with zero attached hydrogens (tertiary/aromatic N) is 2. The van der Waals surface area contributed by atoms with Gasteiger partial charge in [0.2, 0.25) is 0 Å². The predicted octanol–water partition coefficient (Wildman–Crippen LogP) is 10.4. The highest BCUT2D eigenvalue weighted by atomic mass is 32.1. The molecule has 12 heteroatoms. The SMILES string of the molecule is FC(F)(F)c1ccc(-c2nnc(-c3cc4ccccc4s3)c3cc4ccccc4cc23)c(C(F)(F)F)c1C(F)(F)F. The summed E-state index contributed by atoms with van der Waals surface area (Å²) in [5.74, 6) is 0. The van der Waals surface area contributed by atoms with Crippen molar-refractivity contribution in [3.63, 3.8) is 0 Å². The molecule has 41 heavy (non-hydrogen) atoms. The largest absolute Gasteiger partial charge is 0.417 e. The average Bonchev–Trinajstić information content (AvgIpc) is 3.33. The minimum absolute atomic E-state index is 0.00184. The molecule has 0 bridgehead atoms. The predicted molar refractivity (Wildman–Crippen MR) is 138 cm³/mol. The van der Waals surface area contributed by atoms with Gasteiger partial charge in [0.05, 0.1) is 21.6 Å². The molecule has 2 heterocycles. The van der Waals surface area contributed by atoms with Gasteiger partial charge in [-0.05, 0) is 46.5 Å². The minimum atomic E-state index is -5.97. The van der Waals surface area contributed by atoms with Crippen LogP contribution in [-0.2, 0) is 18.5 Å². The van der Waals surface area contributed by atoms with Crippen LogP contribution in [0.25, 0.3) is 53.5 Å². The van der Waals surface area contributed by atoms with Crippen molar-refractivity contribution in [3.05, 3.63) is 95.6 Å². The van der Waals surface area contributed by atoms with E-state index in [-0.39, 0.29) is 22.5 Å². The molecule has 0 aliphatic carbocycles. The Kier molecular flexibility index (Phi) is 6.04. The molecule has 6 rings (SSSR count). The molecule has 0 saturated heterocycles. The van der Waals surface area contributed by atoms with Gasteiger partial charge in [-0.2, -0.15) is 39.5 Å². The maximum atomic E-state index is 14.3. The number of aromatic nitrogens is 2. The number of halogens is 9. The van der Waals surface area contributed by atoms with Crippen molar-refractivity contribution in [3.8, 4) is 21.8 Å². The van der Waals surface area contributed by atoms with Crippen LogP contribution in [0, 0.1) is 0 Å². The molecule has 2 aromatic heterocycles. The second kappa shape index (κ2) is 9.16. The number of hydrogen-bond acceptors (Lipinski definition) is 3. The van der Waals surface area contributed by atoms with Gasteiger partial charge in [-0.1, -0.05) is 48.5 Å². The lowest BCUT2D eigenvalue weighted by Crippen LogP contribution is -2.24. The molecule has 0 saturated carbocycles. The fraction of sp³-hybridized carbons (Fsp3) is 0.103. The van der Waals surface area contributed by atoms with E-state index in [0.29, 0.717) is 21.7 Å². The van der Waals surface area contributed by atoms with Crippen molar-refractivity contribution in [2.45, 2.75) is 18.5 Å². The van der Waals surface area contributed by atoms with E-state index >= 15 is 0 Å². The summed E-state index contributed by atoms with van der Waals surface area (Å²) in [7, 11) is 0. The summed E-state index contributed by atoms with van der Waals surface area (Å²) in [4.78, 5) is 0.602. The van der Waals surface area contributed by atoms with Crippen LogP contribution in [0.1, 0.15) is 16.7 Å². The van der Waals surface area contributed by atoms with Crippen molar-refractivity contribution < 1.29 is 39.5 Å². The van der Waals surface area contributed by atoms with E-state index in [9.17, 15) is 39.5 Å². The lowest BCUT2D eigenvalue weighted by Gasteiger charge is -2.23. The fourth-order valence-electron chi connectivity index (χ4n) is 4.94. The summed E-state index contributed by atoms with van der Waals surface area (Å²) >= 11 is 1.33. The van der Waals surface area contributed by atoms with Crippen molar-refractivity contribution in [1.29, 1.82) is 0 Å². The molecular weight excluding hydrogens is 579 g/mol. The zero-order valence-corrected chi connectivity index (χ0v) is 21.0. The quantitative estimate of drug-likeness (QED) is 0.148. The molecule has 0 atom stereocenters. The monoisotopic (exact) mass is 592 g/mol. The topological polar surface area (TPSA) is 25.8 Å². The van der Waals surface area contributed by atoms with Crippen molar-refractivity contribution in [2.24, 2.45) is 0 Å². The Bertz CT molecular complexity index is 1940. The van der Waals surface area contributed by atoms with Gasteiger partial charge in [0.25, 0.3) is 0 Å². The molecule has 0 amide bonds. The molecular formula is C29H13F9N2S. The number of alkyl halides is 9. The summed E-state index contributed by atoms with van der Waals surface area (Å²) in [5.41, 5.74) is -9.24. The standard InChI is InChI=1S/C29H13F9N2S/c30-27(31,32)20-10-9-17(23(28(33,34)35)24(20)29(36,37)38)25-18-11-14-5-1-2-6-15(14)12-19(18)26(40-39-25)22-13-16-7-3-4-8-21(16)41-22/h1-13H. The second-order valence-corrected chi connectivity index (χ2v) is 10.3. The van der Waals surface area contributed by atoms with Crippen molar-refractivity contribution in [2.75, 3.05) is 0 Å². The number of hydrogen-bond donors (Lipinski definition) is 0. The fourth-order valence-corrected chi connectivity index (χ4v) is 6.01. The van der Waals surface area contributed by atoms with Gasteiger partial charge in [0, 0.05) is 21.0 Å². The van der Waals surface area contributed by atoms with Crippen LogP contribution in [0.5, 0.6) is 0 Å². The normalized spacial score (nSPS) is 13.0. The Hall–Kier alpha value is -4.19. The third-order valence-electron chi connectivity index (χ3n) is 6.64. The highest BCUT2D eigenvalue weighted by Gasteiger charge is 2.51. The van der Waals surface area contributed by atoms with Gasteiger partial charge in [0.1, 0.15) is 11.4 Å². The lowest BCUT2D eigenvalue weighted by atomic mass is 9.90. The Morgan fingerprint density at radius 3 is 1.61 bits per heavy atom. The molecule has 6 aromatic rings. The van der Waals surface area contributed by atoms with Gasteiger partial charge < -0.3 is 0 Å². The first-order valence-corrected chi connectivity index (χ1v) is 12.6. The maximum absolute atomic E-state index is 14.3. The highest BCUT2D eigenvalue weighted by molar-refractivity contribution is 7.22. The number of rotatable bonds is 2. The Morgan fingerprint density at radius 2 is 1.05 bits per heavy atom. The zero-order chi connectivity index (χ0) is 29.3. The first kappa shape index (κ1) is 27.0. The third kappa shape index (κ3) is 4.65. The summed E-state index contributed by atoms with van der Waals surface area (Å²) < 4.78 is 126. The summed E-state index contributed by atoms with van der Waals surface area (Å²) in [6.07, 6.45) is -17.5. The second-order valence-electron chi connectivity index (χ2n) is 9.19. The molecule has 0 N–H and O–H groups in total. The van der Waals surface area contributed by atoms with Crippen LogP contribution in [0.4, 0.5) is 39.5 Å². The Labute approximate surface area is 228 Å². The first-order valence-electron chi connectivity index (χ1n) is 11.8. The van der Waals surface area contributed by atoms with E-state index in [1.807, 2.05) is 24.3 Å². The van der Waals surface area contributed by atoms with Crippen LogP contribution in [0.15, 0.2) is 78.9 Å². The van der Waals surface area contributed by atoms with Crippen LogP contribution in [-0.4, -0.2) is 10.2 Å². The van der Waals surface area contributed by atoms with Crippen LogP contribution >= 0.6 is 11.3 Å².